The number of amides is 1. The number of carbonyl (C=O) groups excluding carboxylic acids is 1. The number of nitrogens with one attached hydrogen (secondary N) is 1. The molecule has 3 rings (SSSR count). The van der Waals surface area contributed by atoms with Crippen LogP contribution in [0.15, 0.2) is 66.7 Å². The molecule has 3 aromatic carbocycles. The third-order valence-electron chi connectivity index (χ3n) is 5.34. The molecule has 0 aliphatic heterocycles. The first-order valence-electron chi connectivity index (χ1n) is 10.6. The molecule has 0 heterocycles. The summed E-state index contributed by atoms with van der Waals surface area (Å²) in [6, 6.07) is 19.1. The van der Waals surface area contributed by atoms with Crippen molar-refractivity contribution >= 4 is 5.91 Å². The van der Waals surface area contributed by atoms with Gasteiger partial charge < -0.3 is 14.8 Å². The minimum atomic E-state index is -0.305. The Morgan fingerprint density at radius 3 is 2.34 bits per heavy atom. The van der Waals surface area contributed by atoms with E-state index < -0.39 is 0 Å². The zero-order valence-corrected chi connectivity index (χ0v) is 19.2. The third kappa shape index (κ3) is 5.67. The van der Waals surface area contributed by atoms with Crippen LogP contribution in [0.3, 0.4) is 0 Å². The van der Waals surface area contributed by atoms with Gasteiger partial charge in [0, 0.05) is 11.1 Å². The monoisotopic (exact) mass is 435 g/mol. The molecule has 0 spiro atoms. The van der Waals surface area contributed by atoms with Gasteiger partial charge in [-0.15, -0.1) is 0 Å². The Morgan fingerprint density at radius 1 is 1.00 bits per heavy atom. The van der Waals surface area contributed by atoms with Crippen LogP contribution in [0.5, 0.6) is 11.5 Å². The molecule has 0 saturated heterocycles. The number of methoxy groups -OCH3 is 1. The highest BCUT2D eigenvalue weighted by Crippen LogP contribution is 2.32. The molecule has 3 aromatic rings. The van der Waals surface area contributed by atoms with Crippen molar-refractivity contribution in [1.29, 1.82) is 0 Å². The van der Waals surface area contributed by atoms with E-state index in [9.17, 15) is 9.18 Å². The van der Waals surface area contributed by atoms with E-state index in [-0.39, 0.29) is 29.8 Å². The summed E-state index contributed by atoms with van der Waals surface area (Å²) < 4.78 is 24.8. The number of para-hydroxylation sites is 1. The Morgan fingerprint density at radius 2 is 1.69 bits per heavy atom. The molecule has 1 N–H and O–H groups in total. The van der Waals surface area contributed by atoms with E-state index in [2.05, 4.69) is 32.2 Å². The van der Waals surface area contributed by atoms with Crippen LogP contribution in [0.4, 0.5) is 4.39 Å². The first-order valence-corrected chi connectivity index (χ1v) is 10.6. The summed E-state index contributed by atoms with van der Waals surface area (Å²) >= 11 is 0. The minimum Gasteiger partial charge on any atom is -0.496 e. The summed E-state index contributed by atoms with van der Waals surface area (Å²) in [4.78, 5) is 12.8. The maximum atomic E-state index is 13.2. The normalized spacial score (nSPS) is 12.2. The van der Waals surface area contributed by atoms with Crippen molar-refractivity contribution in [2.24, 2.45) is 0 Å². The lowest BCUT2D eigenvalue weighted by molar-refractivity contribution is 0.0939. The molecule has 0 aromatic heterocycles. The van der Waals surface area contributed by atoms with Gasteiger partial charge in [-0.1, -0.05) is 51.1 Å². The largest absolute Gasteiger partial charge is 0.496 e. The second kappa shape index (κ2) is 9.86. The molecule has 1 atom stereocenters. The molecule has 0 bridgehead atoms. The van der Waals surface area contributed by atoms with E-state index in [4.69, 9.17) is 9.47 Å². The first kappa shape index (κ1) is 23.3. The van der Waals surface area contributed by atoms with Crippen LogP contribution in [0, 0.1) is 5.82 Å². The molecule has 5 heteroatoms. The molecule has 0 aliphatic carbocycles. The summed E-state index contributed by atoms with van der Waals surface area (Å²) in [6.45, 7) is 8.56. The van der Waals surface area contributed by atoms with Gasteiger partial charge in [0.15, 0.2) is 0 Å². The molecular weight excluding hydrogens is 405 g/mol. The molecule has 4 nitrogen and oxygen atoms in total. The SMILES string of the molecule is COc1ccc(C(=O)NC(C)c2ccc(F)cc2)cc1COc1ccccc1C(C)(C)C. The van der Waals surface area contributed by atoms with Gasteiger partial charge in [0.05, 0.1) is 13.2 Å². The molecule has 168 valence electrons. The first-order chi connectivity index (χ1) is 15.2. The van der Waals surface area contributed by atoms with Crippen LogP contribution in [-0.2, 0) is 12.0 Å². The van der Waals surface area contributed by atoms with Gasteiger partial charge in [-0.3, -0.25) is 4.79 Å². The average Bonchev–Trinajstić information content (AvgIpc) is 2.77. The summed E-state index contributed by atoms with van der Waals surface area (Å²) in [7, 11) is 1.60. The van der Waals surface area contributed by atoms with Crippen LogP contribution in [0.1, 0.15) is 60.8 Å². The van der Waals surface area contributed by atoms with Crippen molar-refractivity contribution < 1.29 is 18.7 Å². The fourth-order valence-electron chi connectivity index (χ4n) is 3.51. The summed E-state index contributed by atoms with van der Waals surface area (Å²) in [5, 5.41) is 2.96. The lowest BCUT2D eigenvalue weighted by Crippen LogP contribution is -2.26. The number of ether oxygens (including phenoxy) is 2. The Hall–Kier alpha value is -3.34. The van der Waals surface area contributed by atoms with Gasteiger partial charge >= 0.3 is 0 Å². The molecule has 0 radical (unpaired) electrons. The quantitative estimate of drug-likeness (QED) is 0.480. The van der Waals surface area contributed by atoms with Crippen LogP contribution in [-0.4, -0.2) is 13.0 Å². The predicted molar refractivity (Wildman–Crippen MR) is 125 cm³/mol. The Bertz CT molecular complexity index is 1070. The Labute approximate surface area is 189 Å². The number of benzene rings is 3. The summed E-state index contributed by atoms with van der Waals surface area (Å²) in [5.41, 5.74) is 3.16. The topological polar surface area (TPSA) is 47.6 Å². The molecule has 1 unspecified atom stereocenters. The maximum absolute atomic E-state index is 13.2. The van der Waals surface area contributed by atoms with Gasteiger partial charge in [-0.25, -0.2) is 4.39 Å². The fourth-order valence-corrected chi connectivity index (χ4v) is 3.51. The highest BCUT2D eigenvalue weighted by atomic mass is 19.1. The van der Waals surface area contributed by atoms with E-state index in [1.54, 1.807) is 37.4 Å². The highest BCUT2D eigenvalue weighted by Gasteiger charge is 2.19. The van der Waals surface area contributed by atoms with Crippen molar-refractivity contribution in [1.82, 2.24) is 5.32 Å². The van der Waals surface area contributed by atoms with Gasteiger partial charge in [-0.2, -0.15) is 0 Å². The molecule has 1 amide bonds. The minimum absolute atomic E-state index is 0.0566. The second-order valence-corrected chi connectivity index (χ2v) is 8.81. The standard InChI is InChI=1S/C27H30FNO3/c1-18(19-10-13-22(28)14-11-19)29-26(30)20-12-15-24(31-5)21(16-20)17-32-25-9-7-6-8-23(25)27(2,3)4/h6-16,18H,17H2,1-5H3,(H,29,30). The van der Waals surface area contributed by atoms with Crippen molar-refractivity contribution in [3.63, 3.8) is 0 Å². The number of halogens is 1. The van der Waals surface area contributed by atoms with E-state index >= 15 is 0 Å². The van der Waals surface area contributed by atoms with Crippen molar-refractivity contribution in [3.8, 4) is 11.5 Å². The average molecular weight is 436 g/mol. The van der Waals surface area contributed by atoms with Crippen molar-refractivity contribution in [2.45, 2.75) is 45.8 Å². The lowest BCUT2D eigenvalue weighted by Gasteiger charge is -2.23. The number of hydrogen-bond donors (Lipinski definition) is 1. The highest BCUT2D eigenvalue weighted by molar-refractivity contribution is 5.94. The Kier molecular flexibility index (Phi) is 7.18. The van der Waals surface area contributed by atoms with Gasteiger partial charge in [-0.05, 0) is 59.9 Å². The lowest BCUT2D eigenvalue weighted by atomic mass is 9.86. The third-order valence-corrected chi connectivity index (χ3v) is 5.34. The Balaban J connectivity index is 1.77. The van der Waals surface area contributed by atoms with Crippen LogP contribution < -0.4 is 14.8 Å². The smallest absolute Gasteiger partial charge is 0.251 e. The van der Waals surface area contributed by atoms with E-state index in [1.807, 2.05) is 25.1 Å². The van der Waals surface area contributed by atoms with Crippen molar-refractivity contribution in [2.75, 3.05) is 7.11 Å². The number of carbonyl (C=O) groups is 1. The fraction of sp³-hybridized carbons (Fsp3) is 0.296. The zero-order valence-electron chi connectivity index (χ0n) is 19.2. The number of hydrogen-bond acceptors (Lipinski definition) is 3. The van der Waals surface area contributed by atoms with Crippen LogP contribution >= 0.6 is 0 Å². The molecule has 0 saturated carbocycles. The van der Waals surface area contributed by atoms with Crippen LogP contribution in [0.2, 0.25) is 0 Å². The summed E-state index contributed by atoms with van der Waals surface area (Å²) in [5.74, 6) is 0.934. The van der Waals surface area contributed by atoms with Gasteiger partial charge in [0.2, 0.25) is 0 Å². The maximum Gasteiger partial charge on any atom is 0.251 e. The molecular formula is C27H30FNO3. The van der Waals surface area contributed by atoms with Gasteiger partial charge in [0.1, 0.15) is 23.9 Å². The van der Waals surface area contributed by atoms with Gasteiger partial charge in [0.25, 0.3) is 5.91 Å². The summed E-state index contributed by atoms with van der Waals surface area (Å²) in [6.07, 6.45) is 0. The number of rotatable bonds is 7. The predicted octanol–water partition coefficient (Wildman–Crippen LogP) is 6.20. The van der Waals surface area contributed by atoms with E-state index in [1.165, 1.54) is 12.1 Å². The second-order valence-electron chi connectivity index (χ2n) is 8.81. The van der Waals surface area contributed by atoms with E-state index in [0.29, 0.717) is 11.3 Å². The zero-order chi connectivity index (χ0) is 23.3. The van der Waals surface area contributed by atoms with Crippen molar-refractivity contribution in [3.05, 3.63) is 94.8 Å². The molecule has 32 heavy (non-hydrogen) atoms. The van der Waals surface area contributed by atoms with Crippen LogP contribution in [0.25, 0.3) is 0 Å². The van der Waals surface area contributed by atoms with E-state index in [0.717, 1.165) is 22.4 Å². The molecule has 0 fully saturated rings. The molecule has 0 aliphatic rings.